The van der Waals surface area contributed by atoms with Crippen LogP contribution in [-0.4, -0.2) is 16.9 Å². The zero-order chi connectivity index (χ0) is 17.4. The first-order chi connectivity index (χ1) is 11.5. The van der Waals surface area contributed by atoms with E-state index in [9.17, 15) is 14.9 Å². The predicted octanol–water partition coefficient (Wildman–Crippen LogP) is 3.75. The van der Waals surface area contributed by atoms with Crippen molar-refractivity contribution in [3.05, 3.63) is 81.9 Å². The summed E-state index contributed by atoms with van der Waals surface area (Å²) in [4.78, 5) is 22.2. The molecule has 0 spiro atoms. The maximum absolute atomic E-state index is 11.9. The number of nitro benzene ring substituents is 1. The van der Waals surface area contributed by atoms with Gasteiger partial charge in [-0.25, -0.2) is 0 Å². The molecule has 0 aromatic heterocycles. The van der Waals surface area contributed by atoms with Gasteiger partial charge in [0.05, 0.1) is 4.92 Å². The van der Waals surface area contributed by atoms with Crippen LogP contribution in [0.15, 0.2) is 60.7 Å². The number of benzene rings is 2. The zero-order valence-electron chi connectivity index (χ0n) is 13.5. The molecule has 5 nitrogen and oxygen atoms in total. The van der Waals surface area contributed by atoms with Gasteiger partial charge in [0.2, 0.25) is 5.91 Å². The van der Waals surface area contributed by atoms with E-state index in [1.54, 1.807) is 18.2 Å². The molecule has 0 bridgehead atoms. The van der Waals surface area contributed by atoms with E-state index in [0.717, 1.165) is 12.8 Å². The molecule has 24 heavy (non-hydrogen) atoms. The molecule has 0 fully saturated rings. The lowest BCUT2D eigenvalue weighted by Crippen LogP contribution is -2.31. The molecule has 2 aromatic carbocycles. The van der Waals surface area contributed by atoms with Crippen molar-refractivity contribution in [1.29, 1.82) is 0 Å². The number of nitro groups is 1. The first-order valence-corrected chi connectivity index (χ1v) is 7.81. The Bertz CT molecular complexity index is 726. The van der Waals surface area contributed by atoms with Gasteiger partial charge < -0.3 is 5.32 Å². The Morgan fingerprint density at radius 1 is 1.21 bits per heavy atom. The highest BCUT2D eigenvalue weighted by atomic mass is 16.6. The molecule has 0 heterocycles. The highest BCUT2D eigenvalue weighted by Crippen LogP contribution is 2.14. The number of hydrogen-bond donors (Lipinski definition) is 1. The number of aryl methyl sites for hydroxylation is 1. The average molecular weight is 324 g/mol. The molecule has 1 N–H and O–H groups in total. The number of nitrogens with zero attached hydrogens (tertiary/aromatic N) is 1. The summed E-state index contributed by atoms with van der Waals surface area (Å²) in [5.41, 5.74) is 1.87. The lowest BCUT2D eigenvalue weighted by Gasteiger charge is -2.12. The Hall–Kier alpha value is -2.95. The predicted molar refractivity (Wildman–Crippen MR) is 94.5 cm³/mol. The Balaban J connectivity index is 1.83. The minimum absolute atomic E-state index is 0.00814. The van der Waals surface area contributed by atoms with Gasteiger partial charge in [-0.15, -0.1) is 0 Å². The van der Waals surface area contributed by atoms with E-state index in [1.807, 2.05) is 25.1 Å². The van der Waals surface area contributed by atoms with Crippen LogP contribution < -0.4 is 5.32 Å². The van der Waals surface area contributed by atoms with Gasteiger partial charge in [-0.05, 0) is 37.0 Å². The summed E-state index contributed by atoms with van der Waals surface area (Å²) in [7, 11) is 0. The maximum atomic E-state index is 11.9. The van der Waals surface area contributed by atoms with Crippen molar-refractivity contribution in [2.24, 2.45) is 0 Å². The monoisotopic (exact) mass is 324 g/mol. The normalized spacial score (nSPS) is 12.0. The lowest BCUT2D eigenvalue weighted by molar-refractivity contribution is -0.384. The number of non-ortho nitro benzene ring substituents is 1. The van der Waals surface area contributed by atoms with Crippen LogP contribution in [0.2, 0.25) is 0 Å². The van der Waals surface area contributed by atoms with Gasteiger partial charge in [0.25, 0.3) is 5.69 Å². The maximum Gasteiger partial charge on any atom is 0.270 e. The Morgan fingerprint density at radius 3 is 2.67 bits per heavy atom. The van der Waals surface area contributed by atoms with E-state index in [2.05, 4.69) is 17.4 Å². The first-order valence-electron chi connectivity index (χ1n) is 7.81. The second-order valence-corrected chi connectivity index (χ2v) is 5.62. The van der Waals surface area contributed by atoms with Crippen molar-refractivity contribution in [3.63, 3.8) is 0 Å². The fraction of sp³-hybridized carbons (Fsp3) is 0.211. The van der Waals surface area contributed by atoms with Crippen LogP contribution in [0.3, 0.4) is 0 Å². The molecule has 0 aliphatic rings. The largest absolute Gasteiger partial charge is 0.350 e. The average Bonchev–Trinajstić information content (AvgIpc) is 2.59. The summed E-state index contributed by atoms with van der Waals surface area (Å²) >= 11 is 0. The summed E-state index contributed by atoms with van der Waals surface area (Å²) in [6, 6.07) is 16.3. The Kier molecular flexibility index (Phi) is 6.25. The molecule has 124 valence electrons. The highest BCUT2D eigenvalue weighted by Gasteiger charge is 2.06. The van der Waals surface area contributed by atoms with Gasteiger partial charge in [-0.2, -0.15) is 0 Å². The van der Waals surface area contributed by atoms with Crippen LogP contribution in [0.5, 0.6) is 0 Å². The van der Waals surface area contributed by atoms with Crippen LogP contribution in [0, 0.1) is 10.1 Å². The summed E-state index contributed by atoms with van der Waals surface area (Å²) in [6.45, 7) is 1.96. The van der Waals surface area contributed by atoms with Crippen LogP contribution in [-0.2, 0) is 11.2 Å². The molecule has 1 atom stereocenters. The molecule has 0 aliphatic carbocycles. The van der Waals surface area contributed by atoms with E-state index in [0.29, 0.717) is 5.56 Å². The minimum Gasteiger partial charge on any atom is -0.350 e. The highest BCUT2D eigenvalue weighted by molar-refractivity contribution is 5.91. The molecule has 0 radical (unpaired) electrons. The van der Waals surface area contributed by atoms with E-state index in [1.165, 1.54) is 23.8 Å². The first kappa shape index (κ1) is 17.4. The molecule has 0 saturated heterocycles. The number of amides is 1. The van der Waals surface area contributed by atoms with Crippen LogP contribution in [0.1, 0.15) is 24.5 Å². The fourth-order valence-corrected chi connectivity index (χ4v) is 2.30. The standard InChI is InChI=1S/C19H20N2O3/c1-15(10-11-16-6-3-2-4-7-16)20-19(22)13-12-17-8-5-9-18(14-17)21(23)24/h2-9,12-15H,10-11H2,1H3,(H,20,22). The quantitative estimate of drug-likeness (QED) is 0.479. The SMILES string of the molecule is CC(CCc1ccccc1)NC(=O)C=Cc1cccc([N+](=O)[O-])c1. The lowest BCUT2D eigenvalue weighted by atomic mass is 10.1. The molecule has 2 rings (SSSR count). The minimum atomic E-state index is -0.455. The smallest absolute Gasteiger partial charge is 0.270 e. The summed E-state index contributed by atoms with van der Waals surface area (Å²) in [5.74, 6) is -0.206. The Labute approximate surface area is 141 Å². The molecule has 2 aromatic rings. The molecule has 1 unspecified atom stereocenters. The van der Waals surface area contributed by atoms with Crippen molar-refractivity contribution in [1.82, 2.24) is 5.32 Å². The molecule has 0 saturated carbocycles. The van der Waals surface area contributed by atoms with E-state index < -0.39 is 4.92 Å². The zero-order valence-corrected chi connectivity index (χ0v) is 13.5. The third-order valence-corrected chi connectivity index (χ3v) is 3.61. The molecule has 5 heteroatoms. The number of carbonyl (C=O) groups excluding carboxylic acids is 1. The number of hydrogen-bond acceptors (Lipinski definition) is 3. The van der Waals surface area contributed by atoms with Gasteiger partial charge in [0.15, 0.2) is 0 Å². The van der Waals surface area contributed by atoms with Crippen molar-refractivity contribution in [3.8, 4) is 0 Å². The topological polar surface area (TPSA) is 72.2 Å². The molecular formula is C19H20N2O3. The van der Waals surface area contributed by atoms with E-state index in [4.69, 9.17) is 0 Å². The second kappa shape index (κ2) is 8.62. The number of carbonyl (C=O) groups is 1. The van der Waals surface area contributed by atoms with Crippen molar-refractivity contribution < 1.29 is 9.72 Å². The van der Waals surface area contributed by atoms with Crippen molar-refractivity contribution >= 4 is 17.7 Å². The van der Waals surface area contributed by atoms with E-state index in [-0.39, 0.29) is 17.6 Å². The van der Waals surface area contributed by atoms with Gasteiger partial charge in [-0.3, -0.25) is 14.9 Å². The van der Waals surface area contributed by atoms with E-state index >= 15 is 0 Å². The van der Waals surface area contributed by atoms with Gasteiger partial charge >= 0.3 is 0 Å². The third-order valence-electron chi connectivity index (χ3n) is 3.61. The summed E-state index contributed by atoms with van der Waals surface area (Å²) in [6.07, 6.45) is 4.72. The second-order valence-electron chi connectivity index (χ2n) is 5.62. The third kappa shape index (κ3) is 5.68. The van der Waals surface area contributed by atoms with Crippen molar-refractivity contribution in [2.75, 3.05) is 0 Å². The van der Waals surface area contributed by atoms with Crippen molar-refractivity contribution in [2.45, 2.75) is 25.8 Å². The number of rotatable bonds is 7. The Morgan fingerprint density at radius 2 is 1.96 bits per heavy atom. The van der Waals surface area contributed by atoms with Crippen LogP contribution in [0.25, 0.3) is 6.08 Å². The fourth-order valence-electron chi connectivity index (χ4n) is 2.30. The van der Waals surface area contributed by atoms with Crippen LogP contribution >= 0.6 is 0 Å². The van der Waals surface area contributed by atoms with Gasteiger partial charge in [-0.1, -0.05) is 42.5 Å². The van der Waals surface area contributed by atoms with Gasteiger partial charge in [0, 0.05) is 24.3 Å². The molecular weight excluding hydrogens is 304 g/mol. The summed E-state index contributed by atoms with van der Waals surface area (Å²) < 4.78 is 0. The molecule has 0 aliphatic heterocycles. The summed E-state index contributed by atoms with van der Waals surface area (Å²) in [5, 5.41) is 13.6. The van der Waals surface area contributed by atoms with Gasteiger partial charge in [0.1, 0.15) is 0 Å². The number of nitrogens with one attached hydrogen (secondary N) is 1. The molecule has 1 amide bonds. The van der Waals surface area contributed by atoms with Crippen LogP contribution in [0.4, 0.5) is 5.69 Å².